The highest BCUT2D eigenvalue weighted by Crippen LogP contribution is 2.21. The molecule has 1 N–H and O–H groups in total. The van der Waals surface area contributed by atoms with Crippen LogP contribution < -0.4 is 5.32 Å². The summed E-state index contributed by atoms with van der Waals surface area (Å²) >= 11 is 0. The lowest BCUT2D eigenvalue weighted by molar-refractivity contribution is 0.311. The second kappa shape index (κ2) is 6.54. The lowest BCUT2D eigenvalue weighted by Crippen LogP contribution is -2.27. The van der Waals surface area contributed by atoms with Crippen molar-refractivity contribution in [3.05, 3.63) is 34.8 Å². The molecule has 2 heterocycles. The fourth-order valence-electron chi connectivity index (χ4n) is 2.27. The van der Waals surface area contributed by atoms with Gasteiger partial charge in [-0.05, 0) is 33.5 Å². The topological polar surface area (TPSA) is 82.7 Å². The minimum Gasteiger partial charge on any atom is -0.366 e. The Kier molecular flexibility index (Phi) is 4.73. The molecule has 7 nitrogen and oxygen atoms in total. The number of nitrogens with zero attached hydrogens (tertiary/aromatic N) is 6. The van der Waals surface area contributed by atoms with Crippen LogP contribution in [0.2, 0.25) is 0 Å². The Morgan fingerprint density at radius 3 is 2.64 bits per heavy atom. The zero-order chi connectivity index (χ0) is 16.3. The molecular formula is C15H21N7. The van der Waals surface area contributed by atoms with Gasteiger partial charge in [0, 0.05) is 25.4 Å². The molecule has 1 unspecified atom stereocenters. The van der Waals surface area contributed by atoms with Gasteiger partial charge in [-0.3, -0.25) is 4.68 Å². The molecule has 0 amide bonds. The van der Waals surface area contributed by atoms with Crippen molar-refractivity contribution in [3.63, 3.8) is 0 Å². The number of nitrogens with one attached hydrogen (secondary N) is 1. The highest BCUT2D eigenvalue weighted by Gasteiger charge is 2.18. The van der Waals surface area contributed by atoms with Gasteiger partial charge in [0.15, 0.2) is 5.82 Å². The van der Waals surface area contributed by atoms with Crippen LogP contribution in [0.3, 0.4) is 0 Å². The van der Waals surface area contributed by atoms with Gasteiger partial charge in [-0.15, -0.1) is 5.10 Å². The largest absolute Gasteiger partial charge is 0.366 e. The van der Waals surface area contributed by atoms with Gasteiger partial charge in [-0.1, -0.05) is 0 Å². The highest BCUT2D eigenvalue weighted by molar-refractivity contribution is 5.55. The van der Waals surface area contributed by atoms with Crippen LogP contribution in [0.5, 0.6) is 0 Å². The quantitative estimate of drug-likeness (QED) is 0.899. The van der Waals surface area contributed by atoms with Gasteiger partial charge >= 0.3 is 0 Å². The summed E-state index contributed by atoms with van der Waals surface area (Å²) in [7, 11) is 5.92. The molecule has 0 radical (unpaired) electrons. The summed E-state index contributed by atoms with van der Waals surface area (Å²) in [4.78, 5) is 2.10. The first-order valence-corrected chi connectivity index (χ1v) is 7.06. The van der Waals surface area contributed by atoms with E-state index in [9.17, 15) is 5.26 Å². The lowest BCUT2D eigenvalue weighted by Gasteiger charge is -2.24. The van der Waals surface area contributed by atoms with Crippen molar-refractivity contribution in [2.24, 2.45) is 7.05 Å². The Morgan fingerprint density at radius 2 is 2.09 bits per heavy atom. The molecule has 0 saturated heterocycles. The predicted octanol–water partition coefficient (Wildman–Crippen LogP) is 1.41. The summed E-state index contributed by atoms with van der Waals surface area (Å²) < 4.78 is 1.78. The molecule has 2 aromatic rings. The van der Waals surface area contributed by atoms with Crippen molar-refractivity contribution in [3.8, 4) is 6.07 Å². The van der Waals surface area contributed by atoms with Crippen LogP contribution in [-0.4, -0.2) is 45.5 Å². The molecule has 1 atom stereocenters. The second-order valence-electron chi connectivity index (χ2n) is 5.55. The van der Waals surface area contributed by atoms with Crippen LogP contribution >= 0.6 is 0 Å². The molecule has 0 bridgehead atoms. The summed E-state index contributed by atoms with van der Waals surface area (Å²) in [5, 5.41) is 25.0. The predicted molar refractivity (Wildman–Crippen MR) is 84.3 cm³/mol. The lowest BCUT2D eigenvalue weighted by atomic mass is 10.1. The van der Waals surface area contributed by atoms with E-state index < -0.39 is 0 Å². The van der Waals surface area contributed by atoms with Crippen molar-refractivity contribution in [2.45, 2.75) is 19.9 Å². The third-order valence-corrected chi connectivity index (χ3v) is 3.76. The summed E-state index contributed by atoms with van der Waals surface area (Å²) in [6, 6.07) is 2.33. The fourth-order valence-corrected chi connectivity index (χ4v) is 2.27. The van der Waals surface area contributed by atoms with Gasteiger partial charge in [-0.25, -0.2) is 0 Å². The van der Waals surface area contributed by atoms with E-state index in [1.807, 2.05) is 47.4 Å². The fraction of sp³-hybridized carbons (Fsp3) is 0.467. The van der Waals surface area contributed by atoms with E-state index >= 15 is 0 Å². The maximum absolute atomic E-state index is 9.34. The molecular weight excluding hydrogens is 278 g/mol. The van der Waals surface area contributed by atoms with E-state index in [1.165, 1.54) is 0 Å². The zero-order valence-corrected chi connectivity index (χ0v) is 13.6. The average Bonchev–Trinajstić information content (AvgIpc) is 2.89. The molecule has 0 aliphatic heterocycles. The smallest absolute Gasteiger partial charge is 0.167 e. The van der Waals surface area contributed by atoms with E-state index in [1.54, 1.807) is 4.68 Å². The Bertz CT molecular complexity index is 696. The summed E-state index contributed by atoms with van der Waals surface area (Å²) in [5.41, 5.74) is 3.30. The van der Waals surface area contributed by atoms with Crippen LogP contribution in [0, 0.1) is 25.2 Å². The Labute approximate surface area is 130 Å². The SMILES string of the molecule is Cc1nnc(NCC(c2cnn(C)c2)N(C)C)c(C#N)c1C. The summed E-state index contributed by atoms with van der Waals surface area (Å²) in [6.07, 6.45) is 3.84. The first-order chi connectivity index (χ1) is 10.4. The van der Waals surface area contributed by atoms with Crippen LogP contribution in [0.4, 0.5) is 5.82 Å². The third kappa shape index (κ3) is 3.23. The molecule has 0 aliphatic rings. The van der Waals surface area contributed by atoms with Gasteiger partial charge in [0.25, 0.3) is 0 Å². The molecule has 22 heavy (non-hydrogen) atoms. The zero-order valence-electron chi connectivity index (χ0n) is 13.6. The molecule has 0 spiro atoms. The number of rotatable bonds is 5. The van der Waals surface area contributed by atoms with Crippen LogP contribution in [-0.2, 0) is 7.05 Å². The van der Waals surface area contributed by atoms with Gasteiger partial charge < -0.3 is 10.2 Å². The number of nitriles is 1. The van der Waals surface area contributed by atoms with Crippen molar-refractivity contribution in [1.82, 2.24) is 24.9 Å². The van der Waals surface area contributed by atoms with Gasteiger partial charge in [0.05, 0.1) is 17.9 Å². The van der Waals surface area contributed by atoms with E-state index in [-0.39, 0.29) is 6.04 Å². The van der Waals surface area contributed by atoms with Gasteiger partial charge in [0.1, 0.15) is 11.6 Å². The first kappa shape index (κ1) is 15.9. The van der Waals surface area contributed by atoms with Crippen molar-refractivity contribution < 1.29 is 0 Å². The molecule has 7 heteroatoms. The molecule has 0 saturated carbocycles. The number of hydrogen-bond acceptors (Lipinski definition) is 6. The van der Waals surface area contributed by atoms with E-state index in [4.69, 9.17) is 0 Å². The van der Waals surface area contributed by atoms with Crippen molar-refractivity contribution >= 4 is 5.82 Å². The number of aromatic nitrogens is 4. The van der Waals surface area contributed by atoms with E-state index in [2.05, 4.69) is 31.6 Å². The Balaban J connectivity index is 2.21. The van der Waals surface area contributed by atoms with Crippen molar-refractivity contribution in [1.29, 1.82) is 5.26 Å². The normalized spacial score (nSPS) is 12.2. The number of hydrogen-bond donors (Lipinski definition) is 1. The molecule has 0 aliphatic carbocycles. The number of likely N-dealkylation sites (N-methyl/N-ethyl adjacent to an activating group) is 1. The van der Waals surface area contributed by atoms with E-state index in [0.717, 1.165) is 16.8 Å². The first-order valence-electron chi connectivity index (χ1n) is 7.06. The van der Waals surface area contributed by atoms with E-state index in [0.29, 0.717) is 17.9 Å². The Hall–Kier alpha value is -2.46. The standard InChI is InChI=1S/C15H21N7/c1-10-11(2)19-20-15(13(10)6-16)17-8-14(21(3)4)12-7-18-22(5)9-12/h7,9,14H,8H2,1-5H3,(H,17,20). The van der Waals surface area contributed by atoms with Crippen molar-refractivity contribution in [2.75, 3.05) is 26.0 Å². The molecule has 0 aromatic carbocycles. The maximum Gasteiger partial charge on any atom is 0.167 e. The monoisotopic (exact) mass is 299 g/mol. The van der Waals surface area contributed by atoms with Crippen LogP contribution in [0.1, 0.15) is 28.4 Å². The van der Waals surface area contributed by atoms with Crippen LogP contribution in [0.25, 0.3) is 0 Å². The van der Waals surface area contributed by atoms with Crippen LogP contribution in [0.15, 0.2) is 12.4 Å². The molecule has 2 rings (SSSR count). The highest BCUT2D eigenvalue weighted by atomic mass is 15.3. The maximum atomic E-state index is 9.34. The number of anilines is 1. The summed E-state index contributed by atoms with van der Waals surface area (Å²) in [5.74, 6) is 0.529. The van der Waals surface area contributed by atoms with Gasteiger partial charge in [-0.2, -0.15) is 15.5 Å². The Morgan fingerprint density at radius 1 is 1.36 bits per heavy atom. The minimum absolute atomic E-state index is 0.128. The second-order valence-corrected chi connectivity index (χ2v) is 5.55. The minimum atomic E-state index is 0.128. The van der Waals surface area contributed by atoms with Gasteiger partial charge in [0.2, 0.25) is 0 Å². The molecule has 0 fully saturated rings. The third-order valence-electron chi connectivity index (χ3n) is 3.76. The molecule has 116 valence electrons. The average molecular weight is 299 g/mol. The summed E-state index contributed by atoms with van der Waals surface area (Å²) in [6.45, 7) is 4.36. The molecule has 2 aromatic heterocycles. The number of aryl methyl sites for hydroxylation is 2.